The summed E-state index contributed by atoms with van der Waals surface area (Å²) >= 11 is 5.98. The highest BCUT2D eigenvalue weighted by Gasteiger charge is 2.19. The molecule has 1 rings (SSSR count). The van der Waals surface area contributed by atoms with Gasteiger partial charge in [-0.3, -0.25) is 0 Å². The molecule has 0 unspecified atom stereocenters. The quantitative estimate of drug-likeness (QED) is 0.609. The van der Waals surface area contributed by atoms with Crippen LogP contribution in [0.4, 0.5) is 0 Å². The number of carbonyl (C=O) groups excluding carboxylic acids is 1. The van der Waals surface area contributed by atoms with E-state index in [9.17, 15) is 4.79 Å². The number of halogens is 1. The first-order chi connectivity index (χ1) is 8.66. The molecule has 18 heavy (non-hydrogen) atoms. The Bertz CT molecular complexity index is 382. The second-order valence-electron chi connectivity index (χ2n) is 4.23. The molecule has 100 valence electrons. The van der Waals surface area contributed by atoms with Gasteiger partial charge in [-0.1, -0.05) is 56.0 Å². The van der Waals surface area contributed by atoms with E-state index in [1.165, 1.54) is 0 Å². The Morgan fingerprint density at radius 3 is 2.72 bits per heavy atom. The van der Waals surface area contributed by atoms with Crippen LogP contribution in [0.3, 0.4) is 0 Å². The predicted molar refractivity (Wildman–Crippen MR) is 73.5 cm³/mol. The van der Waals surface area contributed by atoms with Gasteiger partial charge < -0.3 is 10.5 Å². The van der Waals surface area contributed by atoms with Crippen molar-refractivity contribution in [1.29, 1.82) is 0 Å². The first-order valence-electron chi connectivity index (χ1n) is 6.33. The molecule has 1 aromatic rings. The standard InChI is InChI=1S/C14H20ClNO2/c1-2-3-4-7-10-18-14(17)13(16)11-8-5-6-9-12(11)15/h5-6,8-9,13H,2-4,7,10,16H2,1H3/t13-/m1/s1. The normalized spacial score (nSPS) is 12.2. The van der Waals surface area contributed by atoms with Gasteiger partial charge in [0.25, 0.3) is 0 Å². The van der Waals surface area contributed by atoms with Gasteiger partial charge in [0.15, 0.2) is 0 Å². The smallest absolute Gasteiger partial charge is 0.327 e. The molecular weight excluding hydrogens is 250 g/mol. The average Bonchev–Trinajstić information content (AvgIpc) is 2.38. The van der Waals surface area contributed by atoms with Crippen LogP contribution in [-0.4, -0.2) is 12.6 Å². The molecule has 1 atom stereocenters. The van der Waals surface area contributed by atoms with E-state index in [4.69, 9.17) is 22.1 Å². The highest BCUT2D eigenvalue weighted by Crippen LogP contribution is 2.21. The Balaban J connectivity index is 2.40. The van der Waals surface area contributed by atoms with Crippen LogP contribution in [0.2, 0.25) is 5.02 Å². The van der Waals surface area contributed by atoms with Crippen molar-refractivity contribution in [2.24, 2.45) is 5.73 Å². The molecule has 0 radical (unpaired) electrons. The van der Waals surface area contributed by atoms with Crippen molar-refractivity contribution in [3.05, 3.63) is 34.9 Å². The predicted octanol–water partition coefficient (Wildman–Crippen LogP) is 3.46. The van der Waals surface area contributed by atoms with Crippen LogP contribution < -0.4 is 5.73 Å². The van der Waals surface area contributed by atoms with Crippen LogP contribution in [0.25, 0.3) is 0 Å². The number of ether oxygens (including phenoxy) is 1. The Hall–Kier alpha value is -1.06. The van der Waals surface area contributed by atoms with E-state index in [1.807, 2.05) is 0 Å². The lowest BCUT2D eigenvalue weighted by molar-refractivity contribution is -0.145. The van der Waals surface area contributed by atoms with Crippen LogP contribution >= 0.6 is 11.6 Å². The third-order valence-corrected chi connectivity index (χ3v) is 3.08. The molecule has 0 saturated heterocycles. The lowest BCUT2D eigenvalue weighted by Gasteiger charge is -2.13. The number of carbonyl (C=O) groups is 1. The van der Waals surface area contributed by atoms with E-state index in [2.05, 4.69) is 6.92 Å². The third-order valence-electron chi connectivity index (χ3n) is 2.74. The lowest BCUT2D eigenvalue weighted by atomic mass is 10.1. The number of rotatable bonds is 7. The number of hydrogen-bond donors (Lipinski definition) is 1. The fourth-order valence-electron chi connectivity index (χ4n) is 1.65. The Labute approximate surface area is 113 Å². The zero-order chi connectivity index (χ0) is 13.4. The maximum absolute atomic E-state index is 11.7. The number of benzene rings is 1. The summed E-state index contributed by atoms with van der Waals surface area (Å²) < 4.78 is 5.14. The van der Waals surface area contributed by atoms with Crippen molar-refractivity contribution in [2.45, 2.75) is 38.6 Å². The van der Waals surface area contributed by atoms with E-state index >= 15 is 0 Å². The molecule has 0 aliphatic heterocycles. The molecule has 3 nitrogen and oxygen atoms in total. The third kappa shape index (κ3) is 4.67. The summed E-state index contributed by atoms with van der Waals surface area (Å²) in [5, 5.41) is 0.493. The van der Waals surface area contributed by atoms with Crippen molar-refractivity contribution in [1.82, 2.24) is 0 Å². The van der Waals surface area contributed by atoms with Gasteiger partial charge in [-0.15, -0.1) is 0 Å². The van der Waals surface area contributed by atoms with Gasteiger partial charge in [-0.2, -0.15) is 0 Å². The summed E-state index contributed by atoms with van der Waals surface area (Å²) in [6.45, 7) is 2.57. The lowest BCUT2D eigenvalue weighted by Crippen LogP contribution is -2.24. The first kappa shape index (κ1) is 15.0. The molecule has 0 saturated carbocycles. The number of esters is 1. The second-order valence-corrected chi connectivity index (χ2v) is 4.63. The fraction of sp³-hybridized carbons (Fsp3) is 0.500. The molecular formula is C14H20ClNO2. The van der Waals surface area contributed by atoms with E-state index < -0.39 is 12.0 Å². The topological polar surface area (TPSA) is 52.3 Å². The molecule has 4 heteroatoms. The number of nitrogens with two attached hydrogens (primary N) is 1. The van der Waals surface area contributed by atoms with Crippen LogP contribution in [-0.2, 0) is 9.53 Å². The van der Waals surface area contributed by atoms with Gasteiger partial charge >= 0.3 is 5.97 Å². The van der Waals surface area contributed by atoms with Crippen molar-refractivity contribution in [2.75, 3.05) is 6.61 Å². The van der Waals surface area contributed by atoms with Crippen LogP contribution in [0.1, 0.15) is 44.2 Å². The van der Waals surface area contributed by atoms with Gasteiger partial charge in [-0.05, 0) is 18.1 Å². The summed E-state index contributed by atoms with van der Waals surface area (Å²) in [6, 6.07) is 6.26. The fourth-order valence-corrected chi connectivity index (χ4v) is 1.90. The molecule has 0 aliphatic carbocycles. The van der Waals surface area contributed by atoms with Crippen molar-refractivity contribution in [3.63, 3.8) is 0 Å². The minimum absolute atomic E-state index is 0.417. The summed E-state index contributed by atoms with van der Waals surface area (Å²) in [4.78, 5) is 11.7. The summed E-state index contributed by atoms with van der Waals surface area (Å²) in [5.74, 6) is -0.417. The molecule has 0 heterocycles. The van der Waals surface area contributed by atoms with Crippen LogP contribution in [0.5, 0.6) is 0 Å². The summed E-state index contributed by atoms with van der Waals surface area (Å²) in [7, 11) is 0. The zero-order valence-corrected chi connectivity index (χ0v) is 11.5. The summed E-state index contributed by atoms with van der Waals surface area (Å²) in [5.41, 5.74) is 6.43. The number of unbranched alkanes of at least 4 members (excludes halogenated alkanes) is 3. The largest absolute Gasteiger partial charge is 0.464 e. The maximum Gasteiger partial charge on any atom is 0.327 e. The van der Waals surface area contributed by atoms with E-state index in [1.54, 1.807) is 24.3 Å². The van der Waals surface area contributed by atoms with Gasteiger partial charge in [0.05, 0.1) is 6.61 Å². The monoisotopic (exact) mass is 269 g/mol. The molecule has 1 aromatic carbocycles. The second kappa shape index (κ2) is 8.11. The minimum atomic E-state index is -0.801. The molecule has 0 fully saturated rings. The van der Waals surface area contributed by atoms with E-state index in [0.29, 0.717) is 17.2 Å². The molecule has 2 N–H and O–H groups in total. The number of hydrogen-bond acceptors (Lipinski definition) is 3. The molecule has 0 bridgehead atoms. The zero-order valence-electron chi connectivity index (χ0n) is 10.7. The van der Waals surface area contributed by atoms with E-state index in [-0.39, 0.29) is 0 Å². The van der Waals surface area contributed by atoms with Crippen LogP contribution in [0, 0.1) is 0 Å². The Morgan fingerprint density at radius 2 is 2.06 bits per heavy atom. The van der Waals surface area contributed by atoms with E-state index in [0.717, 1.165) is 25.7 Å². The molecule has 0 amide bonds. The van der Waals surface area contributed by atoms with Gasteiger partial charge in [0.1, 0.15) is 6.04 Å². The van der Waals surface area contributed by atoms with Crippen molar-refractivity contribution >= 4 is 17.6 Å². The molecule has 0 aliphatic rings. The van der Waals surface area contributed by atoms with Gasteiger partial charge in [-0.25, -0.2) is 4.79 Å². The van der Waals surface area contributed by atoms with Crippen molar-refractivity contribution in [3.8, 4) is 0 Å². The maximum atomic E-state index is 11.7. The van der Waals surface area contributed by atoms with Gasteiger partial charge in [0.2, 0.25) is 0 Å². The molecule has 0 spiro atoms. The SMILES string of the molecule is CCCCCCOC(=O)[C@H](N)c1ccccc1Cl. The summed E-state index contributed by atoms with van der Waals surface area (Å²) in [6.07, 6.45) is 4.28. The minimum Gasteiger partial charge on any atom is -0.464 e. The Morgan fingerprint density at radius 1 is 1.33 bits per heavy atom. The average molecular weight is 270 g/mol. The van der Waals surface area contributed by atoms with Gasteiger partial charge in [0, 0.05) is 5.02 Å². The highest BCUT2D eigenvalue weighted by atomic mass is 35.5. The highest BCUT2D eigenvalue weighted by molar-refractivity contribution is 6.31. The van der Waals surface area contributed by atoms with Crippen LogP contribution in [0.15, 0.2) is 24.3 Å². The Kier molecular flexibility index (Phi) is 6.76. The molecule has 0 aromatic heterocycles. The van der Waals surface area contributed by atoms with Crippen molar-refractivity contribution < 1.29 is 9.53 Å². The first-order valence-corrected chi connectivity index (χ1v) is 6.71.